The van der Waals surface area contributed by atoms with Crippen molar-refractivity contribution in [3.05, 3.63) is 11.9 Å². The Balaban J connectivity index is 2.02. The van der Waals surface area contributed by atoms with Crippen LogP contribution in [0.1, 0.15) is 37.5 Å². The SMILES string of the molecule is Cn1nncc1C(O)C1CCC(F)(F)CC1. The summed E-state index contributed by atoms with van der Waals surface area (Å²) in [6, 6.07) is 0. The molecule has 0 radical (unpaired) electrons. The van der Waals surface area contributed by atoms with Crippen LogP contribution in [0.2, 0.25) is 0 Å². The quantitative estimate of drug-likeness (QED) is 0.842. The summed E-state index contributed by atoms with van der Waals surface area (Å²) in [5, 5.41) is 17.4. The molecule has 1 fully saturated rings. The summed E-state index contributed by atoms with van der Waals surface area (Å²) in [6.07, 6.45) is 1.16. The summed E-state index contributed by atoms with van der Waals surface area (Å²) in [7, 11) is 1.68. The molecular formula is C10H15F2N3O. The van der Waals surface area contributed by atoms with Gasteiger partial charge < -0.3 is 5.11 Å². The van der Waals surface area contributed by atoms with Crippen molar-refractivity contribution in [2.75, 3.05) is 0 Å². The molecule has 1 aliphatic carbocycles. The summed E-state index contributed by atoms with van der Waals surface area (Å²) < 4.78 is 27.4. The Bertz CT molecular complexity index is 357. The van der Waals surface area contributed by atoms with Gasteiger partial charge in [0, 0.05) is 19.9 Å². The zero-order valence-electron chi connectivity index (χ0n) is 9.11. The van der Waals surface area contributed by atoms with Gasteiger partial charge in [0.05, 0.1) is 11.9 Å². The minimum atomic E-state index is -2.55. The molecule has 1 aromatic rings. The fourth-order valence-corrected chi connectivity index (χ4v) is 2.19. The molecule has 0 saturated heterocycles. The van der Waals surface area contributed by atoms with Gasteiger partial charge in [-0.2, -0.15) is 0 Å². The summed E-state index contributed by atoms with van der Waals surface area (Å²) >= 11 is 0. The van der Waals surface area contributed by atoms with Crippen molar-refractivity contribution in [2.24, 2.45) is 13.0 Å². The minimum Gasteiger partial charge on any atom is -0.386 e. The van der Waals surface area contributed by atoms with Gasteiger partial charge in [0.2, 0.25) is 5.92 Å². The average Bonchev–Trinajstić information content (AvgIpc) is 2.63. The zero-order valence-corrected chi connectivity index (χ0v) is 9.11. The molecule has 1 saturated carbocycles. The van der Waals surface area contributed by atoms with Crippen LogP contribution in [0.15, 0.2) is 6.20 Å². The second kappa shape index (κ2) is 4.08. The average molecular weight is 231 g/mol. The topological polar surface area (TPSA) is 50.9 Å². The highest BCUT2D eigenvalue weighted by Gasteiger charge is 2.38. The number of alkyl halides is 2. The lowest BCUT2D eigenvalue weighted by molar-refractivity contribution is -0.0636. The fourth-order valence-electron chi connectivity index (χ4n) is 2.19. The highest BCUT2D eigenvalue weighted by Crippen LogP contribution is 2.40. The Hall–Kier alpha value is -1.04. The molecule has 1 aromatic heterocycles. The first-order chi connectivity index (χ1) is 7.49. The number of hydrogen-bond donors (Lipinski definition) is 1. The van der Waals surface area contributed by atoms with Crippen molar-refractivity contribution < 1.29 is 13.9 Å². The molecule has 1 aliphatic rings. The molecule has 0 bridgehead atoms. The first-order valence-electron chi connectivity index (χ1n) is 5.40. The van der Waals surface area contributed by atoms with E-state index in [1.54, 1.807) is 7.05 Å². The number of hydrogen-bond acceptors (Lipinski definition) is 3. The minimum absolute atomic E-state index is 0.114. The fraction of sp³-hybridized carbons (Fsp3) is 0.800. The van der Waals surface area contributed by atoms with E-state index in [2.05, 4.69) is 10.3 Å². The second-order valence-corrected chi connectivity index (χ2v) is 4.42. The summed E-state index contributed by atoms with van der Waals surface area (Å²) in [6.45, 7) is 0. The van der Waals surface area contributed by atoms with Crippen LogP contribution >= 0.6 is 0 Å². The van der Waals surface area contributed by atoms with Gasteiger partial charge in [-0.05, 0) is 18.8 Å². The van der Waals surface area contributed by atoms with Crippen molar-refractivity contribution in [1.29, 1.82) is 0 Å². The Kier molecular flexibility index (Phi) is 2.92. The number of rotatable bonds is 2. The van der Waals surface area contributed by atoms with Gasteiger partial charge in [0.25, 0.3) is 0 Å². The Morgan fingerprint density at radius 2 is 2.12 bits per heavy atom. The number of aryl methyl sites for hydroxylation is 1. The third-order valence-electron chi connectivity index (χ3n) is 3.26. The number of halogens is 2. The maximum atomic E-state index is 13.0. The Morgan fingerprint density at radius 1 is 1.50 bits per heavy atom. The molecule has 1 atom stereocenters. The van der Waals surface area contributed by atoms with Crippen LogP contribution in [0.5, 0.6) is 0 Å². The molecule has 4 nitrogen and oxygen atoms in total. The van der Waals surface area contributed by atoms with E-state index in [-0.39, 0.29) is 18.8 Å². The molecular weight excluding hydrogens is 216 g/mol. The van der Waals surface area contributed by atoms with Crippen molar-refractivity contribution in [3.8, 4) is 0 Å². The molecule has 1 N–H and O–H groups in total. The predicted octanol–water partition coefficient (Wildman–Crippen LogP) is 1.67. The van der Waals surface area contributed by atoms with Crippen molar-refractivity contribution >= 4 is 0 Å². The molecule has 0 amide bonds. The standard InChI is InChI=1S/C10H15F2N3O/c1-15-8(6-13-14-15)9(16)7-2-4-10(11,12)5-3-7/h6-7,9,16H,2-5H2,1H3. The molecule has 0 aliphatic heterocycles. The molecule has 0 aromatic carbocycles. The number of nitrogens with zero attached hydrogens (tertiary/aromatic N) is 3. The molecule has 16 heavy (non-hydrogen) atoms. The Labute approximate surface area is 92.3 Å². The first kappa shape index (κ1) is 11.4. The van der Waals surface area contributed by atoms with Crippen LogP contribution in [0.25, 0.3) is 0 Å². The Morgan fingerprint density at radius 3 is 2.62 bits per heavy atom. The van der Waals surface area contributed by atoms with E-state index in [0.717, 1.165) is 0 Å². The van der Waals surface area contributed by atoms with E-state index < -0.39 is 12.0 Å². The third-order valence-corrected chi connectivity index (χ3v) is 3.26. The van der Waals surface area contributed by atoms with Gasteiger partial charge in [-0.25, -0.2) is 13.5 Å². The first-order valence-corrected chi connectivity index (χ1v) is 5.40. The van der Waals surface area contributed by atoms with E-state index >= 15 is 0 Å². The molecule has 6 heteroatoms. The van der Waals surface area contributed by atoms with Crippen LogP contribution in [0.3, 0.4) is 0 Å². The maximum absolute atomic E-state index is 13.0. The van der Waals surface area contributed by atoms with Crippen molar-refractivity contribution in [1.82, 2.24) is 15.0 Å². The van der Waals surface area contributed by atoms with E-state index in [9.17, 15) is 13.9 Å². The van der Waals surface area contributed by atoms with Crippen LogP contribution in [-0.2, 0) is 7.05 Å². The highest BCUT2D eigenvalue weighted by molar-refractivity contribution is 5.01. The van der Waals surface area contributed by atoms with Gasteiger partial charge >= 0.3 is 0 Å². The van der Waals surface area contributed by atoms with E-state index in [4.69, 9.17) is 0 Å². The monoisotopic (exact) mass is 231 g/mol. The lowest BCUT2D eigenvalue weighted by atomic mass is 9.82. The van der Waals surface area contributed by atoms with Crippen LogP contribution in [0.4, 0.5) is 8.78 Å². The second-order valence-electron chi connectivity index (χ2n) is 4.42. The van der Waals surface area contributed by atoms with Gasteiger partial charge in [-0.1, -0.05) is 5.21 Å². The number of aliphatic hydroxyl groups is 1. The number of aromatic nitrogens is 3. The highest BCUT2D eigenvalue weighted by atomic mass is 19.3. The lowest BCUT2D eigenvalue weighted by Gasteiger charge is -2.30. The van der Waals surface area contributed by atoms with Crippen LogP contribution in [-0.4, -0.2) is 26.0 Å². The van der Waals surface area contributed by atoms with Crippen molar-refractivity contribution in [3.63, 3.8) is 0 Å². The normalized spacial score (nSPS) is 23.2. The van der Waals surface area contributed by atoms with Gasteiger partial charge in [-0.3, -0.25) is 0 Å². The van der Waals surface area contributed by atoms with Crippen LogP contribution in [0, 0.1) is 5.92 Å². The summed E-state index contributed by atoms with van der Waals surface area (Å²) in [5.74, 6) is -2.67. The van der Waals surface area contributed by atoms with Gasteiger partial charge in [0.1, 0.15) is 6.10 Å². The maximum Gasteiger partial charge on any atom is 0.248 e. The predicted molar refractivity (Wildman–Crippen MR) is 52.9 cm³/mol. The third kappa shape index (κ3) is 2.21. The van der Waals surface area contributed by atoms with Crippen molar-refractivity contribution in [2.45, 2.75) is 37.7 Å². The van der Waals surface area contributed by atoms with Crippen LogP contribution < -0.4 is 0 Å². The summed E-state index contributed by atoms with van der Waals surface area (Å²) in [5.41, 5.74) is 0.593. The largest absolute Gasteiger partial charge is 0.386 e. The van der Waals surface area contributed by atoms with Gasteiger partial charge in [0.15, 0.2) is 0 Å². The molecule has 1 heterocycles. The number of aliphatic hydroxyl groups excluding tert-OH is 1. The molecule has 2 rings (SSSR count). The summed E-state index contributed by atoms with van der Waals surface area (Å²) in [4.78, 5) is 0. The molecule has 0 spiro atoms. The van der Waals surface area contributed by atoms with E-state index in [1.165, 1.54) is 10.9 Å². The molecule has 1 unspecified atom stereocenters. The smallest absolute Gasteiger partial charge is 0.248 e. The van der Waals surface area contributed by atoms with E-state index in [1.807, 2.05) is 0 Å². The van der Waals surface area contributed by atoms with E-state index in [0.29, 0.717) is 18.5 Å². The lowest BCUT2D eigenvalue weighted by Crippen LogP contribution is -2.28. The molecule has 90 valence electrons. The zero-order chi connectivity index (χ0) is 11.8. The van der Waals surface area contributed by atoms with Gasteiger partial charge in [-0.15, -0.1) is 5.10 Å².